The van der Waals surface area contributed by atoms with E-state index >= 15 is 0 Å². The average Bonchev–Trinajstić information content (AvgIpc) is 3.27. The van der Waals surface area contributed by atoms with Crippen LogP contribution >= 0.6 is 0 Å². The molecule has 6 heteroatoms. The number of ether oxygens (including phenoxy) is 5. The Hall–Kier alpha value is -3.51. The summed E-state index contributed by atoms with van der Waals surface area (Å²) in [6.07, 6.45) is -0.244. The third-order valence-electron chi connectivity index (χ3n) is 5.29. The van der Waals surface area contributed by atoms with E-state index in [-0.39, 0.29) is 12.1 Å². The maximum Gasteiger partial charge on any atom is 0.221 e. The molecule has 0 aromatic heterocycles. The van der Waals surface area contributed by atoms with Gasteiger partial charge in [-0.2, -0.15) is 0 Å². The monoisotopic (exact) mass is 433 g/mol. The van der Waals surface area contributed by atoms with E-state index < -0.39 is 0 Å². The Bertz CT molecular complexity index is 1050. The normalized spacial score (nSPS) is 17.4. The molecule has 4 rings (SSSR count). The zero-order valence-corrected chi connectivity index (χ0v) is 18.5. The van der Waals surface area contributed by atoms with Crippen molar-refractivity contribution in [2.24, 2.45) is 4.99 Å². The van der Waals surface area contributed by atoms with Crippen LogP contribution < -0.4 is 14.2 Å². The molecule has 0 amide bonds. The van der Waals surface area contributed by atoms with Gasteiger partial charge in [-0.15, -0.1) is 0 Å². The van der Waals surface area contributed by atoms with E-state index in [1.807, 2.05) is 72.8 Å². The van der Waals surface area contributed by atoms with Crippen LogP contribution in [0.3, 0.4) is 0 Å². The number of benzene rings is 3. The Morgan fingerprint density at radius 3 is 2.19 bits per heavy atom. The van der Waals surface area contributed by atoms with Gasteiger partial charge in [0.25, 0.3) is 0 Å². The summed E-state index contributed by atoms with van der Waals surface area (Å²) in [5.41, 5.74) is 2.79. The van der Waals surface area contributed by atoms with E-state index in [0.29, 0.717) is 41.9 Å². The summed E-state index contributed by atoms with van der Waals surface area (Å²) in [7, 11) is 4.87. The molecule has 1 aliphatic heterocycles. The first-order chi connectivity index (χ1) is 15.7. The van der Waals surface area contributed by atoms with Gasteiger partial charge in [0.2, 0.25) is 11.6 Å². The first-order valence-corrected chi connectivity index (χ1v) is 10.5. The average molecular weight is 434 g/mol. The van der Waals surface area contributed by atoms with Crippen LogP contribution in [0.5, 0.6) is 17.2 Å². The molecule has 0 fully saturated rings. The Morgan fingerprint density at radius 1 is 0.812 bits per heavy atom. The van der Waals surface area contributed by atoms with Gasteiger partial charge in [-0.3, -0.25) is 0 Å². The van der Waals surface area contributed by atoms with Crippen LogP contribution in [-0.2, 0) is 16.1 Å². The van der Waals surface area contributed by atoms with E-state index in [1.54, 1.807) is 21.3 Å². The molecule has 32 heavy (non-hydrogen) atoms. The Labute approximate surface area is 188 Å². The van der Waals surface area contributed by atoms with Crippen LogP contribution in [-0.4, -0.2) is 39.9 Å². The van der Waals surface area contributed by atoms with E-state index in [2.05, 4.69) is 0 Å². The molecule has 0 spiro atoms. The van der Waals surface area contributed by atoms with E-state index in [0.717, 1.165) is 11.1 Å². The van der Waals surface area contributed by atoms with Crippen molar-refractivity contribution < 1.29 is 23.7 Å². The third kappa shape index (κ3) is 4.55. The molecule has 6 nitrogen and oxygen atoms in total. The fourth-order valence-electron chi connectivity index (χ4n) is 3.75. The highest BCUT2D eigenvalue weighted by atomic mass is 16.5. The van der Waals surface area contributed by atoms with Gasteiger partial charge in [-0.25, -0.2) is 4.99 Å². The molecule has 0 unspecified atom stereocenters. The minimum Gasteiger partial charge on any atom is -0.493 e. The maximum atomic E-state index is 6.33. The SMILES string of the molecule is COC[C@H]1N=C(c2ccc(OC)c(OCc3ccccc3)c2OC)O[C@H]1c1ccccc1. The van der Waals surface area contributed by atoms with Gasteiger partial charge in [0, 0.05) is 7.11 Å². The molecule has 166 valence electrons. The minimum atomic E-state index is -0.244. The lowest BCUT2D eigenvalue weighted by atomic mass is 10.0. The number of nitrogens with zero attached hydrogens (tertiary/aromatic N) is 1. The third-order valence-corrected chi connectivity index (χ3v) is 5.29. The predicted molar refractivity (Wildman–Crippen MR) is 123 cm³/mol. The molecule has 3 aromatic rings. The summed E-state index contributed by atoms with van der Waals surface area (Å²) in [6, 6.07) is 23.5. The number of hydrogen-bond acceptors (Lipinski definition) is 6. The van der Waals surface area contributed by atoms with Crippen LogP contribution in [0.1, 0.15) is 22.8 Å². The van der Waals surface area contributed by atoms with Crippen LogP contribution in [0, 0.1) is 0 Å². The van der Waals surface area contributed by atoms with Gasteiger partial charge in [-0.1, -0.05) is 60.7 Å². The van der Waals surface area contributed by atoms with Gasteiger partial charge < -0.3 is 23.7 Å². The first kappa shape index (κ1) is 21.7. The molecule has 3 aromatic carbocycles. The van der Waals surface area contributed by atoms with Gasteiger partial charge in [0.1, 0.15) is 12.6 Å². The number of aliphatic imine (C=N–C) groups is 1. The summed E-state index contributed by atoms with van der Waals surface area (Å²) in [6.45, 7) is 0.822. The zero-order chi connectivity index (χ0) is 22.3. The summed E-state index contributed by atoms with van der Waals surface area (Å²) >= 11 is 0. The zero-order valence-electron chi connectivity index (χ0n) is 18.5. The molecule has 1 aliphatic rings. The molecule has 0 aliphatic carbocycles. The second kappa shape index (κ2) is 10.2. The highest BCUT2D eigenvalue weighted by molar-refractivity contribution is 5.99. The molecule has 0 radical (unpaired) electrons. The van der Waals surface area contributed by atoms with E-state index in [9.17, 15) is 0 Å². The molecular weight excluding hydrogens is 406 g/mol. The summed E-state index contributed by atoms with van der Waals surface area (Å²) in [5.74, 6) is 2.09. The molecule has 1 heterocycles. The summed E-state index contributed by atoms with van der Waals surface area (Å²) in [5, 5.41) is 0. The van der Waals surface area contributed by atoms with Crippen molar-refractivity contribution in [2.45, 2.75) is 18.8 Å². The Kier molecular flexibility index (Phi) is 6.92. The van der Waals surface area contributed by atoms with Gasteiger partial charge >= 0.3 is 0 Å². The lowest BCUT2D eigenvalue weighted by Crippen LogP contribution is -2.19. The number of rotatable bonds is 9. The van der Waals surface area contributed by atoms with Crippen molar-refractivity contribution in [3.63, 3.8) is 0 Å². The van der Waals surface area contributed by atoms with Gasteiger partial charge in [0.15, 0.2) is 17.6 Å². The second-order valence-corrected chi connectivity index (χ2v) is 7.36. The predicted octanol–water partition coefficient (Wildman–Crippen LogP) is 4.82. The topological polar surface area (TPSA) is 58.5 Å². The van der Waals surface area contributed by atoms with Gasteiger partial charge in [-0.05, 0) is 23.3 Å². The van der Waals surface area contributed by atoms with E-state index in [4.69, 9.17) is 28.7 Å². The molecule has 0 bridgehead atoms. The lowest BCUT2D eigenvalue weighted by Gasteiger charge is -2.19. The van der Waals surface area contributed by atoms with Crippen molar-refractivity contribution in [3.05, 3.63) is 89.5 Å². The highest BCUT2D eigenvalue weighted by Crippen LogP contribution is 2.43. The highest BCUT2D eigenvalue weighted by Gasteiger charge is 2.35. The van der Waals surface area contributed by atoms with Crippen LogP contribution in [0.4, 0.5) is 0 Å². The van der Waals surface area contributed by atoms with Crippen molar-refractivity contribution in [3.8, 4) is 17.2 Å². The van der Waals surface area contributed by atoms with Crippen LogP contribution in [0.2, 0.25) is 0 Å². The Morgan fingerprint density at radius 2 is 1.53 bits per heavy atom. The van der Waals surface area contributed by atoms with Crippen molar-refractivity contribution >= 4 is 5.90 Å². The minimum absolute atomic E-state index is 0.169. The van der Waals surface area contributed by atoms with Crippen molar-refractivity contribution in [1.82, 2.24) is 0 Å². The molecule has 0 saturated heterocycles. The molecule has 2 atom stereocenters. The molecular formula is C26H27NO5. The maximum absolute atomic E-state index is 6.33. The summed E-state index contributed by atoms with van der Waals surface area (Å²) < 4.78 is 29.2. The number of hydrogen-bond donors (Lipinski definition) is 0. The summed E-state index contributed by atoms with van der Waals surface area (Å²) in [4.78, 5) is 4.82. The fraction of sp³-hybridized carbons (Fsp3) is 0.269. The lowest BCUT2D eigenvalue weighted by molar-refractivity contribution is 0.120. The van der Waals surface area contributed by atoms with Gasteiger partial charge in [0.05, 0.1) is 26.4 Å². The van der Waals surface area contributed by atoms with Crippen molar-refractivity contribution in [2.75, 3.05) is 27.9 Å². The quantitative estimate of drug-likeness (QED) is 0.484. The molecule has 0 N–H and O–H groups in total. The first-order valence-electron chi connectivity index (χ1n) is 10.5. The van der Waals surface area contributed by atoms with Crippen molar-refractivity contribution in [1.29, 1.82) is 0 Å². The van der Waals surface area contributed by atoms with Crippen LogP contribution in [0.15, 0.2) is 77.8 Å². The fourth-order valence-corrected chi connectivity index (χ4v) is 3.75. The Balaban J connectivity index is 1.67. The largest absolute Gasteiger partial charge is 0.493 e. The smallest absolute Gasteiger partial charge is 0.221 e. The second-order valence-electron chi connectivity index (χ2n) is 7.36. The van der Waals surface area contributed by atoms with Crippen LogP contribution in [0.25, 0.3) is 0 Å². The number of methoxy groups -OCH3 is 3. The standard InChI is InChI=1S/C26H27NO5/c1-28-17-21-23(19-12-8-5-9-13-19)32-26(27-21)20-14-15-22(29-2)25(24(20)30-3)31-16-18-10-6-4-7-11-18/h4-15,21,23H,16-17H2,1-3H3/t21-,23+/m1/s1. The molecule has 0 saturated carbocycles. The van der Waals surface area contributed by atoms with E-state index in [1.165, 1.54) is 0 Å².